The molecule has 0 unspecified atom stereocenters. The lowest BCUT2D eigenvalue weighted by Crippen LogP contribution is -1.98. The molecule has 4 nitrogen and oxygen atoms in total. The lowest BCUT2D eigenvalue weighted by atomic mass is 10.1. The number of hydrogen-bond donors (Lipinski definition) is 0. The summed E-state index contributed by atoms with van der Waals surface area (Å²) in [7, 11) is 0. The van der Waals surface area contributed by atoms with Gasteiger partial charge in [0.15, 0.2) is 0 Å². The summed E-state index contributed by atoms with van der Waals surface area (Å²) in [5, 5.41) is 9.55. The Morgan fingerprint density at radius 3 is 2.50 bits per heavy atom. The summed E-state index contributed by atoms with van der Waals surface area (Å²) >= 11 is 0. The van der Waals surface area contributed by atoms with Crippen molar-refractivity contribution in [2.45, 2.75) is 13.2 Å². The summed E-state index contributed by atoms with van der Waals surface area (Å²) in [6.45, 7) is 1.02. The fourth-order valence-electron chi connectivity index (χ4n) is 3.04. The van der Waals surface area contributed by atoms with Gasteiger partial charge >= 0.3 is 0 Å². The normalized spacial score (nSPS) is 11.3. The molecule has 0 saturated carbocycles. The van der Waals surface area contributed by atoms with Crippen LogP contribution >= 0.6 is 0 Å². The maximum Gasteiger partial charge on any atom is 0.119 e. The standard InChI is InChI=1S/C24H19N3O/c25-15-21(16-27-18-26-23-8-4-5-9-24(23)27)14-19-10-12-22(13-11-19)28-17-20-6-2-1-3-7-20/h1-14,18H,16-17H2/b21-14-. The van der Waals surface area contributed by atoms with E-state index in [1.807, 2.05) is 89.5 Å². The van der Waals surface area contributed by atoms with E-state index in [1.165, 1.54) is 0 Å². The molecular formula is C24H19N3O. The molecule has 0 saturated heterocycles. The number of benzene rings is 3. The highest BCUT2D eigenvalue weighted by Gasteiger charge is 2.04. The molecule has 0 spiro atoms. The molecule has 0 N–H and O–H groups in total. The third-order valence-electron chi connectivity index (χ3n) is 4.48. The van der Waals surface area contributed by atoms with Crippen molar-refractivity contribution in [3.05, 3.63) is 102 Å². The van der Waals surface area contributed by atoms with Gasteiger partial charge in [-0.3, -0.25) is 0 Å². The van der Waals surface area contributed by atoms with Crippen molar-refractivity contribution in [2.24, 2.45) is 0 Å². The van der Waals surface area contributed by atoms with Crippen LogP contribution in [0.25, 0.3) is 17.1 Å². The van der Waals surface area contributed by atoms with Crippen LogP contribution in [0.2, 0.25) is 0 Å². The second-order valence-corrected chi connectivity index (χ2v) is 6.49. The highest BCUT2D eigenvalue weighted by Crippen LogP contribution is 2.18. The van der Waals surface area contributed by atoms with E-state index in [0.717, 1.165) is 27.9 Å². The van der Waals surface area contributed by atoms with E-state index in [9.17, 15) is 5.26 Å². The number of nitriles is 1. The number of ether oxygens (including phenoxy) is 1. The molecule has 0 aliphatic carbocycles. The van der Waals surface area contributed by atoms with Crippen molar-refractivity contribution in [3.63, 3.8) is 0 Å². The number of imidazole rings is 1. The van der Waals surface area contributed by atoms with E-state index >= 15 is 0 Å². The van der Waals surface area contributed by atoms with Gasteiger partial charge in [-0.25, -0.2) is 4.98 Å². The lowest BCUT2D eigenvalue weighted by molar-refractivity contribution is 0.306. The Bertz CT molecular complexity index is 1140. The predicted octanol–water partition coefficient (Wildman–Crippen LogP) is 5.22. The zero-order valence-corrected chi connectivity index (χ0v) is 15.3. The maximum atomic E-state index is 9.55. The second-order valence-electron chi connectivity index (χ2n) is 6.49. The van der Waals surface area contributed by atoms with E-state index in [2.05, 4.69) is 11.1 Å². The van der Waals surface area contributed by atoms with E-state index in [1.54, 1.807) is 6.33 Å². The number of rotatable bonds is 6. The van der Waals surface area contributed by atoms with E-state index < -0.39 is 0 Å². The van der Waals surface area contributed by atoms with Crippen LogP contribution in [-0.2, 0) is 13.2 Å². The molecule has 1 heterocycles. The Morgan fingerprint density at radius 1 is 0.964 bits per heavy atom. The number of hydrogen-bond acceptors (Lipinski definition) is 3. The van der Waals surface area contributed by atoms with Gasteiger partial charge in [-0.2, -0.15) is 5.26 Å². The van der Waals surface area contributed by atoms with Gasteiger partial charge in [-0.05, 0) is 41.5 Å². The third-order valence-corrected chi connectivity index (χ3v) is 4.48. The summed E-state index contributed by atoms with van der Waals surface area (Å²) < 4.78 is 7.80. The number of allylic oxidation sites excluding steroid dienone is 1. The number of aromatic nitrogens is 2. The minimum Gasteiger partial charge on any atom is -0.489 e. The minimum atomic E-state index is 0.489. The van der Waals surface area contributed by atoms with Crippen molar-refractivity contribution >= 4 is 17.1 Å². The van der Waals surface area contributed by atoms with Crippen molar-refractivity contribution < 1.29 is 4.74 Å². The minimum absolute atomic E-state index is 0.489. The summed E-state index contributed by atoms with van der Waals surface area (Å²) in [5.41, 5.74) is 4.72. The summed E-state index contributed by atoms with van der Waals surface area (Å²) in [4.78, 5) is 4.38. The molecule has 0 fully saturated rings. The Hall–Kier alpha value is -3.84. The van der Waals surface area contributed by atoms with Crippen LogP contribution in [0.3, 0.4) is 0 Å². The molecule has 4 aromatic rings. The summed E-state index contributed by atoms with van der Waals surface area (Å²) in [6.07, 6.45) is 3.67. The van der Waals surface area contributed by atoms with Gasteiger partial charge < -0.3 is 9.30 Å². The van der Waals surface area contributed by atoms with Crippen LogP contribution in [0.4, 0.5) is 0 Å². The molecule has 0 amide bonds. The SMILES string of the molecule is N#C/C(=C/c1ccc(OCc2ccccc2)cc1)Cn1cnc2ccccc21. The van der Waals surface area contributed by atoms with Gasteiger partial charge in [0.25, 0.3) is 0 Å². The van der Waals surface area contributed by atoms with Gasteiger partial charge in [0.05, 0.1) is 30.0 Å². The topological polar surface area (TPSA) is 50.8 Å². The molecular weight excluding hydrogens is 346 g/mol. The van der Waals surface area contributed by atoms with Crippen LogP contribution in [0.15, 0.2) is 90.8 Å². The summed E-state index contributed by atoms with van der Waals surface area (Å²) in [6, 6.07) is 28.1. The zero-order valence-electron chi connectivity index (χ0n) is 15.3. The molecule has 136 valence electrons. The van der Waals surface area contributed by atoms with Crippen LogP contribution < -0.4 is 4.74 Å². The summed E-state index contributed by atoms with van der Waals surface area (Å²) in [5.74, 6) is 0.806. The number of fused-ring (bicyclic) bond motifs is 1. The maximum absolute atomic E-state index is 9.55. The highest BCUT2D eigenvalue weighted by molar-refractivity contribution is 5.75. The Labute approximate surface area is 164 Å². The smallest absolute Gasteiger partial charge is 0.119 e. The van der Waals surface area contributed by atoms with Crippen molar-refractivity contribution in [2.75, 3.05) is 0 Å². The lowest BCUT2D eigenvalue weighted by Gasteiger charge is -2.07. The Balaban J connectivity index is 1.45. The number of para-hydroxylation sites is 2. The predicted molar refractivity (Wildman–Crippen MR) is 111 cm³/mol. The van der Waals surface area contributed by atoms with E-state index in [-0.39, 0.29) is 0 Å². The van der Waals surface area contributed by atoms with Gasteiger partial charge in [-0.15, -0.1) is 0 Å². The fourth-order valence-corrected chi connectivity index (χ4v) is 3.04. The Morgan fingerprint density at radius 2 is 1.71 bits per heavy atom. The van der Waals surface area contributed by atoms with Gasteiger partial charge in [0.2, 0.25) is 0 Å². The molecule has 0 aliphatic heterocycles. The number of nitrogens with zero attached hydrogens (tertiary/aromatic N) is 3. The van der Waals surface area contributed by atoms with Crippen molar-refractivity contribution in [1.29, 1.82) is 5.26 Å². The Kier molecular flexibility index (Phi) is 5.17. The van der Waals surface area contributed by atoms with E-state index in [4.69, 9.17) is 4.74 Å². The fraction of sp³-hybridized carbons (Fsp3) is 0.0833. The third kappa shape index (κ3) is 4.11. The van der Waals surface area contributed by atoms with Crippen molar-refractivity contribution in [1.82, 2.24) is 9.55 Å². The van der Waals surface area contributed by atoms with Gasteiger partial charge in [0.1, 0.15) is 12.4 Å². The van der Waals surface area contributed by atoms with Gasteiger partial charge in [-0.1, -0.05) is 54.6 Å². The first-order valence-electron chi connectivity index (χ1n) is 9.09. The molecule has 1 aromatic heterocycles. The molecule has 4 heteroatoms. The molecule has 4 rings (SSSR count). The molecule has 28 heavy (non-hydrogen) atoms. The van der Waals surface area contributed by atoms with Crippen LogP contribution in [0.1, 0.15) is 11.1 Å². The first kappa shape index (κ1) is 17.6. The monoisotopic (exact) mass is 365 g/mol. The van der Waals surface area contributed by atoms with Crippen LogP contribution in [-0.4, -0.2) is 9.55 Å². The molecule has 0 atom stereocenters. The average molecular weight is 365 g/mol. The van der Waals surface area contributed by atoms with Crippen LogP contribution in [0, 0.1) is 11.3 Å². The van der Waals surface area contributed by atoms with E-state index in [0.29, 0.717) is 18.7 Å². The van der Waals surface area contributed by atoms with Crippen LogP contribution in [0.5, 0.6) is 5.75 Å². The molecule has 0 radical (unpaired) electrons. The molecule has 0 aliphatic rings. The zero-order chi connectivity index (χ0) is 19.2. The largest absolute Gasteiger partial charge is 0.489 e. The second kappa shape index (κ2) is 8.24. The molecule has 3 aromatic carbocycles. The van der Waals surface area contributed by atoms with Crippen molar-refractivity contribution in [3.8, 4) is 11.8 Å². The first-order chi connectivity index (χ1) is 13.8. The highest BCUT2D eigenvalue weighted by atomic mass is 16.5. The first-order valence-corrected chi connectivity index (χ1v) is 9.09. The average Bonchev–Trinajstić information content (AvgIpc) is 3.16. The van der Waals surface area contributed by atoms with Gasteiger partial charge in [0, 0.05) is 5.57 Å². The molecule has 0 bridgehead atoms. The quantitative estimate of drug-likeness (QED) is 0.440.